The highest BCUT2D eigenvalue weighted by Crippen LogP contribution is 2.33. The van der Waals surface area contributed by atoms with Gasteiger partial charge in [0.1, 0.15) is 12.1 Å². The topological polar surface area (TPSA) is 49.4 Å². The molecule has 1 aliphatic rings. The molecule has 2 amide bonds. The van der Waals surface area contributed by atoms with Crippen molar-refractivity contribution < 1.29 is 9.59 Å². The quantitative estimate of drug-likeness (QED) is 0.844. The van der Waals surface area contributed by atoms with Gasteiger partial charge in [0, 0.05) is 4.47 Å². The predicted octanol–water partition coefficient (Wildman–Crippen LogP) is 3.02. The fourth-order valence-electron chi connectivity index (χ4n) is 2.49. The van der Waals surface area contributed by atoms with Crippen LogP contribution >= 0.6 is 15.9 Å². The number of aryl methyl sites for hydroxylation is 1. The number of amides is 2. The summed E-state index contributed by atoms with van der Waals surface area (Å²) in [7, 11) is 0. The zero-order chi connectivity index (χ0) is 15.9. The Kier molecular flexibility index (Phi) is 4.15. The molecule has 4 nitrogen and oxygen atoms in total. The van der Waals surface area contributed by atoms with E-state index in [0.29, 0.717) is 0 Å². The molecule has 5 heteroatoms. The molecular formula is C16H21BrN2O2. The third kappa shape index (κ3) is 2.98. The summed E-state index contributed by atoms with van der Waals surface area (Å²) in [5, 5.41) is 2.84. The Morgan fingerprint density at radius 3 is 2.43 bits per heavy atom. The smallest absolute Gasteiger partial charge is 0.250 e. The maximum absolute atomic E-state index is 12.9. The molecule has 1 fully saturated rings. The van der Waals surface area contributed by atoms with Crippen LogP contribution in [0.5, 0.6) is 0 Å². The van der Waals surface area contributed by atoms with Gasteiger partial charge in [-0.3, -0.25) is 14.5 Å². The average Bonchev–Trinajstić information content (AvgIpc) is 2.36. The standard InChI is InChI=1S/C16H21BrN2O2/c1-9-6-7-11(17)12(8-9)19-10(2)14(20)18-13(15(19)21)16(3,4)5/h6-8,10,13H,1-5H3,(H,18,20). The van der Waals surface area contributed by atoms with Crippen molar-refractivity contribution in [1.29, 1.82) is 0 Å². The second-order valence-corrected chi connectivity index (χ2v) is 7.50. The largest absolute Gasteiger partial charge is 0.342 e. The molecule has 0 spiro atoms. The van der Waals surface area contributed by atoms with E-state index < -0.39 is 12.1 Å². The van der Waals surface area contributed by atoms with E-state index in [1.165, 1.54) is 0 Å². The molecule has 1 N–H and O–H groups in total. The molecule has 2 rings (SSSR count). The minimum atomic E-state index is -0.520. The van der Waals surface area contributed by atoms with Gasteiger partial charge in [-0.05, 0) is 52.9 Å². The number of halogens is 1. The van der Waals surface area contributed by atoms with E-state index in [4.69, 9.17) is 0 Å². The van der Waals surface area contributed by atoms with Crippen molar-refractivity contribution in [3.05, 3.63) is 28.2 Å². The molecule has 1 aliphatic heterocycles. The number of carbonyl (C=O) groups excluding carboxylic acids is 2. The molecular weight excluding hydrogens is 332 g/mol. The van der Waals surface area contributed by atoms with E-state index in [0.717, 1.165) is 15.7 Å². The molecule has 1 aromatic carbocycles. The molecule has 2 unspecified atom stereocenters. The van der Waals surface area contributed by atoms with Crippen molar-refractivity contribution in [2.45, 2.75) is 46.7 Å². The second kappa shape index (κ2) is 5.44. The van der Waals surface area contributed by atoms with E-state index in [-0.39, 0.29) is 17.2 Å². The van der Waals surface area contributed by atoms with Crippen molar-refractivity contribution in [3.63, 3.8) is 0 Å². The Bertz CT molecular complexity index is 592. The number of carbonyl (C=O) groups is 2. The number of rotatable bonds is 1. The summed E-state index contributed by atoms with van der Waals surface area (Å²) in [6, 6.07) is 4.76. The summed E-state index contributed by atoms with van der Waals surface area (Å²) >= 11 is 3.49. The molecule has 1 heterocycles. The molecule has 1 saturated heterocycles. The van der Waals surface area contributed by atoms with E-state index in [9.17, 15) is 9.59 Å². The Morgan fingerprint density at radius 1 is 1.24 bits per heavy atom. The molecule has 2 atom stereocenters. The first-order chi connectivity index (χ1) is 9.62. The van der Waals surface area contributed by atoms with Gasteiger partial charge in [-0.1, -0.05) is 26.8 Å². The predicted molar refractivity (Wildman–Crippen MR) is 87.2 cm³/mol. The number of anilines is 1. The fourth-order valence-corrected chi connectivity index (χ4v) is 2.93. The third-order valence-electron chi connectivity index (χ3n) is 3.76. The van der Waals surface area contributed by atoms with Crippen LogP contribution in [0.15, 0.2) is 22.7 Å². The van der Waals surface area contributed by atoms with Crippen molar-refractivity contribution in [1.82, 2.24) is 5.32 Å². The van der Waals surface area contributed by atoms with Crippen molar-refractivity contribution >= 4 is 33.4 Å². The van der Waals surface area contributed by atoms with Gasteiger partial charge in [0.2, 0.25) is 5.91 Å². The normalized spacial score (nSPS) is 23.2. The Labute approximate surface area is 134 Å². The Balaban J connectivity index is 2.51. The van der Waals surface area contributed by atoms with Crippen LogP contribution in [-0.4, -0.2) is 23.9 Å². The highest BCUT2D eigenvalue weighted by atomic mass is 79.9. The fraction of sp³-hybridized carbons (Fsp3) is 0.500. The molecule has 114 valence electrons. The maximum Gasteiger partial charge on any atom is 0.250 e. The number of hydrogen-bond donors (Lipinski definition) is 1. The zero-order valence-corrected chi connectivity index (χ0v) is 14.6. The number of nitrogens with zero attached hydrogens (tertiary/aromatic N) is 1. The van der Waals surface area contributed by atoms with Crippen LogP contribution in [0, 0.1) is 12.3 Å². The maximum atomic E-state index is 12.9. The Hall–Kier alpha value is -1.36. The Morgan fingerprint density at radius 2 is 1.86 bits per heavy atom. The summed E-state index contributed by atoms with van der Waals surface area (Å²) in [6.07, 6.45) is 0. The summed E-state index contributed by atoms with van der Waals surface area (Å²) in [5.41, 5.74) is 1.46. The van der Waals surface area contributed by atoms with Crippen LogP contribution in [0.3, 0.4) is 0 Å². The van der Waals surface area contributed by atoms with Crippen molar-refractivity contribution in [3.8, 4) is 0 Å². The highest BCUT2D eigenvalue weighted by Gasteiger charge is 2.44. The SMILES string of the molecule is Cc1ccc(Br)c(N2C(=O)C(C(C)(C)C)NC(=O)C2C)c1. The van der Waals surface area contributed by atoms with Gasteiger partial charge in [-0.2, -0.15) is 0 Å². The van der Waals surface area contributed by atoms with E-state index in [1.54, 1.807) is 11.8 Å². The summed E-state index contributed by atoms with van der Waals surface area (Å²) in [4.78, 5) is 26.7. The second-order valence-electron chi connectivity index (χ2n) is 6.65. The molecule has 1 aromatic rings. The van der Waals surface area contributed by atoms with Gasteiger partial charge in [0.25, 0.3) is 5.91 Å². The van der Waals surface area contributed by atoms with Crippen molar-refractivity contribution in [2.75, 3.05) is 4.90 Å². The van der Waals surface area contributed by atoms with Gasteiger partial charge in [-0.15, -0.1) is 0 Å². The lowest BCUT2D eigenvalue weighted by atomic mass is 9.84. The molecule has 21 heavy (non-hydrogen) atoms. The van der Waals surface area contributed by atoms with Crippen LogP contribution in [-0.2, 0) is 9.59 Å². The van der Waals surface area contributed by atoms with Crippen LogP contribution in [0.4, 0.5) is 5.69 Å². The van der Waals surface area contributed by atoms with Gasteiger partial charge < -0.3 is 5.32 Å². The lowest BCUT2D eigenvalue weighted by Crippen LogP contribution is -2.66. The molecule has 0 radical (unpaired) electrons. The molecule has 0 aromatic heterocycles. The molecule has 0 bridgehead atoms. The number of hydrogen-bond acceptors (Lipinski definition) is 2. The van der Waals surface area contributed by atoms with E-state index in [1.807, 2.05) is 45.9 Å². The summed E-state index contributed by atoms with van der Waals surface area (Å²) < 4.78 is 0.815. The molecule has 0 aliphatic carbocycles. The monoisotopic (exact) mass is 352 g/mol. The third-order valence-corrected chi connectivity index (χ3v) is 4.44. The van der Waals surface area contributed by atoms with Gasteiger partial charge in [-0.25, -0.2) is 0 Å². The van der Waals surface area contributed by atoms with Gasteiger partial charge in [0.15, 0.2) is 0 Å². The van der Waals surface area contributed by atoms with Crippen LogP contribution in [0.25, 0.3) is 0 Å². The minimum absolute atomic E-state index is 0.0686. The minimum Gasteiger partial charge on any atom is -0.342 e. The molecule has 0 saturated carbocycles. The van der Waals surface area contributed by atoms with E-state index in [2.05, 4.69) is 21.2 Å². The van der Waals surface area contributed by atoms with Crippen molar-refractivity contribution in [2.24, 2.45) is 5.41 Å². The van der Waals surface area contributed by atoms with Crippen LogP contribution in [0.1, 0.15) is 33.3 Å². The first kappa shape index (κ1) is 16.0. The number of nitrogens with one attached hydrogen (secondary N) is 1. The summed E-state index contributed by atoms with van der Waals surface area (Å²) in [5.74, 6) is -0.191. The first-order valence-corrected chi connectivity index (χ1v) is 7.82. The average molecular weight is 353 g/mol. The first-order valence-electron chi connectivity index (χ1n) is 7.02. The van der Waals surface area contributed by atoms with Gasteiger partial charge >= 0.3 is 0 Å². The van der Waals surface area contributed by atoms with E-state index >= 15 is 0 Å². The van der Waals surface area contributed by atoms with Gasteiger partial charge in [0.05, 0.1) is 5.69 Å². The van der Waals surface area contributed by atoms with Crippen LogP contribution < -0.4 is 10.2 Å². The van der Waals surface area contributed by atoms with Crippen LogP contribution in [0.2, 0.25) is 0 Å². The zero-order valence-electron chi connectivity index (χ0n) is 13.0. The number of benzene rings is 1. The summed E-state index contributed by atoms with van der Waals surface area (Å²) in [6.45, 7) is 9.58. The lowest BCUT2D eigenvalue weighted by molar-refractivity contribution is -0.136. The highest BCUT2D eigenvalue weighted by molar-refractivity contribution is 9.10. The number of piperazine rings is 1. The lowest BCUT2D eigenvalue weighted by Gasteiger charge is -2.42.